The molecule has 7 nitrogen and oxygen atoms in total. The molecule has 0 radical (unpaired) electrons. The van der Waals surface area contributed by atoms with Gasteiger partial charge < -0.3 is 20.1 Å². The standard InChI is InChI=1S/C26H28N2O5/c29-24(28-12-6-5-11-23(28)25(30)31)21-13-16(21)14-27-26(32)33-15-22-19-9-3-1-7-17(19)18-8-2-4-10-20(18)22/h1-4,7-10,16,21-23H,5-6,11-15H2,(H,27,32)(H,30,31)/t16-,21-,23-/m1/s1. The maximum absolute atomic E-state index is 12.8. The highest BCUT2D eigenvalue weighted by atomic mass is 16.5. The minimum absolute atomic E-state index is 0.00505. The van der Waals surface area contributed by atoms with Gasteiger partial charge >= 0.3 is 12.1 Å². The van der Waals surface area contributed by atoms with Crippen molar-refractivity contribution in [3.05, 3.63) is 59.7 Å². The van der Waals surface area contributed by atoms with Crippen molar-refractivity contribution >= 4 is 18.0 Å². The van der Waals surface area contributed by atoms with E-state index in [0.29, 0.717) is 25.9 Å². The Labute approximate surface area is 192 Å². The lowest BCUT2D eigenvalue weighted by Gasteiger charge is -2.33. The van der Waals surface area contributed by atoms with E-state index in [1.165, 1.54) is 16.0 Å². The number of nitrogens with one attached hydrogen (secondary N) is 1. The minimum Gasteiger partial charge on any atom is -0.480 e. The average molecular weight is 449 g/mol. The molecule has 1 saturated carbocycles. The number of carbonyl (C=O) groups is 3. The number of alkyl carbamates (subject to hydrolysis) is 1. The van der Waals surface area contributed by atoms with Crippen LogP contribution in [-0.4, -0.2) is 53.7 Å². The number of benzene rings is 2. The second-order valence-electron chi connectivity index (χ2n) is 9.19. The molecule has 7 heteroatoms. The zero-order valence-corrected chi connectivity index (χ0v) is 18.4. The quantitative estimate of drug-likeness (QED) is 0.704. The highest BCUT2D eigenvalue weighted by molar-refractivity contribution is 5.87. The van der Waals surface area contributed by atoms with Crippen LogP contribution in [0.1, 0.15) is 42.7 Å². The third-order valence-corrected chi connectivity index (χ3v) is 7.16. The van der Waals surface area contributed by atoms with Gasteiger partial charge in [0.25, 0.3) is 0 Å². The summed E-state index contributed by atoms with van der Waals surface area (Å²) in [6, 6.07) is 15.6. The number of aliphatic carboxylic acids is 1. The molecule has 2 N–H and O–H groups in total. The van der Waals surface area contributed by atoms with Crippen LogP contribution >= 0.6 is 0 Å². The Morgan fingerprint density at radius 3 is 2.33 bits per heavy atom. The van der Waals surface area contributed by atoms with Crippen molar-refractivity contribution in [2.45, 2.75) is 37.6 Å². The van der Waals surface area contributed by atoms with Crippen LogP contribution in [0, 0.1) is 11.8 Å². The van der Waals surface area contributed by atoms with Crippen LogP contribution in [0.2, 0.25) is 0 Å². The van der Waals surface area contributed by atoms with Gasteiger partial charge in [0, 0.05) is 24.9 Å². The summed E-state index contributed by atoms with van der Waals surface area (Å²) in [6.45, 7) is 1.11. The van der Waals surface area contributed by atoms with Gasteiger partial charge in [-0.3, -0.25) is 4.79 Å². The lowest BCUT2D eigenvalue weighted by atomic mass is 9.98. The third-order valence-electron chi connectivity index (χ3n) is 7.16. The molecule has 172 valence electrons. The maximum atomic E-state index is 12.8. The van der Waals surface area contributed by atoms with Gasteiger partial charge in [-0.2, -0.15) is 0 Å². The smallest absolute Gasteiger partial charge is 0.407 e. The summed E-state index contributed by atoms with van der Waals surface area (Å²) in [5.74, 6) is -1.20. The minimum atomic E-state index is -0.933. The van der Waals surface area contributed by atoms with Gasteiger partial charge in [-0.25, -0.2) is 9.59 Å². The van der Waals surface area contributed by atoms with Crippen LogP contribution in [0.3, 0.4) is 0 Å². The first-order valence-corrected chi connectivity index (χ1v) is 11.7. The molecule has 3 atom stereocenters. The number of rotatable bonds is 6. The Morgan fingerprint density at radius 1 is 1.00 bits per heavy atom. The number of fused-ring (bicyclic) bond motifs is 3. The molecule has 33 heavy (non-hydrogen) atoms. The van der Waals surface area contributed by atoms with Gasteiger partial charge in [-0.15, -0.1) is 0 Å². The van der Waals surface area contributed by atoms with Crippen molar-refractivity contribution in [3.8, 4) is 11.1 Å². The molecular formula is C26H28N2O5. The molecule has 1 aliphatic heterocycles. The van der Waals surface area contributed by atoms with Crippen LogP contribution in [-0.2, 0) is 14.3 Å². The van der Waals surface area contributed by atoms with Crippen molar-refractivity contribution in [1.29, 1.82) is 0 Å². The van der Waals surface area contributed by atoms with Crippen LogP contribution in [0.15, 0.2) is 48.5 Å². The zero-order valence-electron chi connectivity index (χ0n) is 18.4. The van der Waals surface area contributed by atoms with E-state index in [0.717, 1.165) is 24.0 Å². The number of piperidine rings is 1. The highest BCUT2D eigenvalue weighted by Gasteiger charge is 2.47. The number of hydrogen-bond donors (Lipinski definition) is 2. The van der Waals surface area contributed by atoms with E-state index in [2.05, 4.69) is 29.6 Å². The van der Waals surface area contributed by atoms with E-state index < -0.39 is 18.1 Å². The Kier molecular flexibility index (Phi) is 5.79. The van der Waals surface area contributed by atoms with Gasteiger partial charge in [0.15, 0.2) is 0 Å². The van der Waals surface area contributed by atoms with Gasteiger partial charge in [0.05, 0.1) is 0 Å². The maximum Gasteiger partial charge on any atom is 0.407 e. The summed E-state index contributed by atoms with van der Waals surface area (Å²) in [4.78, 5) is 38.1. The number of hydrogen-bond acceptors (Lipinski definition) is 4. The summed E-state index contributed by atoms with van der Waals surface area (Å²) in [6.07, 6.45) is 2.36. The normalized spacial score (nSPS) is 23.4. The number of carboxylic acid groups (broad SMARTS) is 1. The monoisotopic (exact) mass is 448 g/mol. The Balaban J connectivity index is 1.12. The zero-order chi connectivity index (χ0) is 22.9. The number of carbonyl (C=O) groups excluding carboxylic acids is 2. The van der Waals surface area contributed by atoms with E-state index in [1.54, 1.807) is 0 Å². The lowest BCUT2D eigenvalue weighted by Crippen LogP contribution is -2.48. The van der Waals surface area contributed by atoms with Crippen molar-refractivity contribution < 1.29 is 24.2 Å². The summed E-state index contributed by atoms with van der Waals surface area (Å²) < 4.78 is 5.56. The van der Waals surface area contributed by atoms with E-state index in [4.69, 9.17) is 4.74 Å². The first-order chi connectivity index (χ1) is 16.0. The first kappa shape index (κ1) is 21.5. The molecule has 2 aromatic carbocycles. The van der Waals surface area contributed by atoms with Crippen LogP contribution < -0.4 is 5.32 Å². The summed E-state index contributed by atoms with van der Waals surface area (Å²) >= 11 is 0. The summed E-state index contributed by atoms with van der Waals surface area (Å²) in [7, 11) is 0. The fourth-order valence-corrected chi connectivity index (χ4v) is 5.30. The first-order valence-electron chi connectivity index (χ1n) is 11.7. The molecule has 2 aliphatic carbocycles. The van der Waals surface area contributed by atoms with Gasteiger partial charge in [0.2, 0.25) is 5.91 Å². The second kappa shape index (κ2) is 8.89. The van der Waals surface area contributed by atoms with Crippen LogP contribution in [0.25, 0.3) is 11.1 Å². The van der Waals surface area contributed by atoms with Crippen LogP contribution in [0.5, 0.6) is 0 Å². The number of likely N-dealkylation sites (tertiary alicyclic amines) is 1. The average Bonchev–Trinajstić information content (AvgIpc) is 3.55. The molecule has 1 heterocycles. The third kappa shape index (κ3) is 4.19. The molecular weight excluding hydrogens is 420 g/mol. The molecule has 2 fully saturated rings. The molecule has 0 unspecified atom stereocenters. The molecule has 2 amide bonds. The van der Waals surface area contributed by atoms with E-state index in [-0.39, 0.29) is 30.3 Å². The molecule has 2 aromatic rings. The number of carboxylic acids is 1. The Hall–Kier alpha value is -3.35. The lowest BCUT2D eigenvalue weighted by molar-refractivity contribution is -0.152. The molecule has 0 bridgehead atoms. The van der Waals surface area contributed by atoms with Crippen molar-refractivity contribution in [2.24, 2.45) is 11.8 Å². The predicted molar refractivity (Wildman–Crippen MR) is 122 cm³/mol. The van der Waals surface area contributed by atoms with Crippen molar-refractivity contribution in [2.75, 3.05) is 19.7 Å². The second-order valence-corrected chi connectivity index (χ2v) is 9.19. The van der Waals surface area contributed by atoms with Gasteiger partial charge in [-0.1, -0.05) is 48.5 Å². The van der Waals surface area contributed by atoms with Crippen LogP contribution in [0.4, 0.5) is 4.79 Å². The predicted octanol–water partition coefficient (Wildman–Crippen LogP) is 3.63. The largest absolute Gasteiger partial charge is 0.480 e. The Morgan fingerprint density at radius 2 is 1.67 bits per heavy atom. The fraction of sp³-hybridized carbons (Fsp3) is 0.423. The molecule has 3 aliphatic rings. The Bertz CT molecular complexity index is 1040. The van der Waals surface area contributed by atoms with E-state index >= 15 is 0 Å². The van der Waals surface area contributed by atoms with Crippen molar-refractivity contribution in [3.63, 3.8) is 0 Å². The summed E-state index contributed by atoms with van der Waals surface area (Å²) in [5, 5.41) is 12.2. The molecule has 0 spiro atoms. The molecule has 0 aromatic heterocycles. The number of nitrogens with zero attached hydrogens (tertiary/aromatic N) is 1. The van der Waals surface area contributed by atoms with Gasteiger partial charge in [-0.05, 0) is 53.9 Å². The summed E-state index contributed by atoms with van der Waals surface area (Å²) in [5.41, 5.74) is 4.68. The van der Waals surface area contributed by atoms with E-state index in [9.17, 15) is 19.5 Å². The number of ether oxygens (including phenoxy) is 1. The fourth-order valence-electron chi connectivity index (χ4n) is 5.30. The van der Waals surface area contributed by atoms with E-state index in [1.807, 2.05) is 24.3 Å². The topological polar surface area (TPSA) is 95.9 Å². The number of amides is 2. The molecule has 1 saturated heterocycles. The van der Waals surface area contributed by atoms with Gasteiger partial charge in [0.1, 0.15) is 12.6 Å². The SMILES string of the molecule is O=C(NC[C@H]1C[C@H]1C(=O)N1CCCC[C@@H]1C(=O)O)OCC1c2ccccc2-c2ccccc21. The molecule has 5 rings (SSSR count). The highest BCUT2D eigenvalue weighted by Crippen LogP contribution is 2.44. The van der Waals surface area contributed by atoms with Crippen molar-refractivity contribution in [1.82, 2.24) is 10.2 Å².